The maximum atomic E-state index is 13.7. The summed E-state index contributed by atoms with van der Waals surface area (Å²) >= 11 is 3.13. The first-order valence-electron chi connectivity index (χ1n) is 6.14. The number of carboxylic acid groups (broad SMARTS) is 1. The van der Waals surface area contributed by atoms with Crippen molar-refractivity contribution in [1.82, 2.24) is 15.0 Å². The minimum absolute atomic E-state index is 0.0461. The Hall–Kier alpha value is -1.76. The van der Waals surface area contributed by atoms with Gasteiger partial charge in [-0.1, -0.05) is 5.21 Å². The van der Waals surface area contributed by atoms with Crippen LogP contribution in [0.4, 0.5) is 4.39 Å². The molecular formula is C13H11BrFN3O2. The van der Waals surface area contributed by atoms with Gasteiger partial charge in [0.25, 0.3) is 0 Å². The lowest BCUT2D eigenvalue weighted by Gasteiger charge is -2.10. The molecule has 0 saturated heterocycles. The van der Waals surface area contributed by atoms with Crippen LogP contribution in [0, 0.1) is 12.7 Å². The summed E-state index contributed by atoms with van der Waals surface area (Å²) in [5.41, 5.74) is 1.83. The summed E-state index contributed by atoms with van der Waals surface area (Å²) in [6.07, 6.45) is 1.82. The summed E-state index contributed by atoms with van der Waals surface area (Å²) in [4.78, 5) is 11.2. The van der Waals surface area contributed by atoms with Crippen LogP contribution in [0.2, 0.25) is 0 Å². The molecule has 0 bridgehead atoms. The highest BCUT2D eigenvalue weighted by atomic mass is 79.9. The number of halogens is 2. The molecule has 0 unspecified atom stereocenters. The van der Waals surface area contributed by atoms with Gasteiger partial charge >= 0.3 is 5.97 Å². The van der Waals surface area contributed by atoms with Crippen LogP contribution in [0.25, 0.3) is 5.69 Å². The van der Waals surface area contributed by atoms with E-state index in [-0.39, 0.29) is 11.6 Å². The van der Waals surface area contributed by atoms with Gasteiger partial charge < -0.3 is 5.11 Å². The van der Waals surface area contributed by atoms with E-state index in [0.717, 1.165) is 18.4 Å². The van der Waals surface area contributed by atoms with Gasteiger partial charge in [0, 0.05) is 12.0 Å². The Morgan fingerprint density at radius 3 is 2.80 bits per heavy atom. The van der Waals surface area contributed by atoms with Gasteiger partial charge in [-0.2, -0.15) is 0 Å². The second-order valence-electron chi connectivity index (χ2n) is 4.87. The molecule has 2 aromatic rings. The second-order valence-corrected chi connectivity index (χ2v) is 5.72. The van der Waals surface area contributed by atoms with E-state index in [9.17, 15) is 14.3 Å². The number of rotatable bonds is 3. The average molecular weight is 340 g/mol. The van der Waals surface area contributed by atoms with Gasteiger partial charge in [0.15, 0.2) is 5.69 Å². The van der Waals surface area contributed by atoms with Gasteiger partial charge in [-0.25, -0.2) is 13.9 Å². The number of hydrogen-bond donors (Lipinski definition) is 1. The van der Waals surface area contributed by atoms with Gasteiger partial charge in [0.2, 0.25) is 0 Å². The van der Waals surface area contributed by atoms with Crippen molar-refractivity contribution >= 4 is 21.9 Å². The highest BCUT2D eigenvalue weighted by Gasteiger charge is 2.34. The minimum Gasteiger partial charge on any atom is -0.476 e. The number of carboxylic acids is 1. The quantitative estimate of drug-likeness (QED) is 0.933. The van der Waals surface area contributed by atoms with Gasteiger partial charge in [-0.3, -0.25) is 0 Å². The third-order valence-electron chi connectivity index (χ3n) is 3.34. The van der Waals surface area contributed by atoms with Crippen molar-refractivity contribution in [3.63, 3.8) is 0 Å². The summed E-state index contributed by atoms with van der Waals surface area (Å²) in [7, 11) is 0. The Bertz CT molecular complexity index is 710. The summed E-state index contributed by atoms with van der Waals surface area (Å²) in [5, 5.41) is 16.8. The molecule has 20 heavy (non-hydrogen) atoms. The molecule has 0 aliphatic heterocycles. The van der Waals surface area contributed by atoms with Crippen molar-refractivity contribution in [2.75, 3.05) is 0 Å². The van der Waals surface area contributed by atoms with Crippen LogP contribution in [0.5, 0.6) is 0 Å². The Kier molecular flexibility index (Phi) is 3.08. The maximum Gasteiger partial charge on any atom is 0.358 e. The van der Waals surface area contributed by atoms with Crippen LogP contribution in [0.1, 0.15) is 40.5 Å². The molecule has 1 heterocycles. The van der Waals surface area contributed by atoms with Crippen LogP contribution in [0.15, 0.2) is 16.6 Å². The highest BCUT2D eigenvalue weighted by Crippen LogP contribution is 2.42. The normalized spacial score (nSPS) is 14.6. The lowest BCUT2D eigenvalue weighted by Crippen LogP contribution is -2.07. The fourth-order valence-corrected chi connectivity index (χ4v) is 2.66. The predicted octanol–water partition coefficient (Wildman–Crippen LogP) is 3.05. The summed E-state index contributed by atoms with van der Waals surface area (Å²) in [6.45, 7) is 1.82. The fourth-order valence-electron chi connectivity index (χ4n) is 2.21. The molecule has 1 N–H and O–H groups in total. The number of aromatic carboxylic acids is 1. The molecule has 7 heteroatoms. The van der Waals surface area contributed by atoms with Crippen LogP contribution in [-0.4, -0.2) is 26.1 Å². The molecule has 1 aliphatic rings. The highest BCUT2D eigenvalue weighted by molar-refractivity contribution is 9.10. The van der Waals surface area contributed by atoms with Crippen molar-refractivity contribution in [2.45, 2.75) is 25.7 Å². The van der Waals surface area contributed by atoms with Crippen molar-refractivity contribution < 1.29 is 14.3 Å². The Balaban J connectivity index is 2.20. The van der Waals surface area contributed by atoms with Gasteiger partial charge in [-0.05, 0) is 47.3 Å². The first kappa shape index (κ1) is 13.2. The minimum atomic E-state index is -1.10. The Morgan fingerprint density at radius 2 is 2.20 bits per heavy atom. The van der Waals surface area contributed by atoms with Crippen molar-refractivity contribution in [2.24, 2.45) is 0 Å². The summed E-state index contributed by atoms with van der Waals surface area (Å²) in [6, 6.07) is 2.98. The van der Waals surface area contributed by atoms with E-state index in [1.807, 2.05) is 6.92 Å². The van der Waals surface area contributed by atoms with Crippen LogP contribution in [-0.2, 0) is 0 Å². The zero-order chi connectivity index (χ0) is 14.4. The SMILES string of the molecule is Cc1cc(Br)c(F)cc1-n1nnc(C(=O)O)c1C1CC1. The van der Waals surface area contributed by atoms with Gasteiger partial charge in [0.1, 0.15) is 5.82 Å². The molecule has 0 atom stereocenters. The molecule has 1 fully saturated rings. The van der Waals surface area contributed by atoms with Crippen LogP contribution in [0.3, 0.4) is 0 Å². The van der Waals surface area contributed by atoms with E-state index in [0.29, 0.717) is 15.9 Å². The third kappa shape index (κ3) is 2.11. The fraction of sp³-hybridized carbons (Fsp3) is 0.308. The molecule has 1 aliphatic carbocycles. The number of nitrogens with zero attached hydrogens (tertiary/aromatic N) is 3. The smallest absolute Gasteiger partial charge is 0.358 e. The molecule has 0 radical (unpaired) electrons. The summed E-state index contributed by atoms with van der Waals surface area (Å²) in [5.74, 6) is -1.38. The van der Waals surface area contributed by atoms with E-state index in [1.165, 1.54) is 10.7 Å². The predicted molar refractivity (Wildman–Crippen MR) is 72.7 cm³/mol. The van der Waals surface area contributed by atoms with E-state index >= 15 is 0 Å². The molecule has 5 nitrogen and oxygen atoms in total. The first-order valence-corrected chi connectivity index (χ1v) is 6.93. The van der Waals surface area contributed by atoms with E-state index in [4.69, 9.17) is 0 Å². The van der Waals surface area contributed by atoms with Crippen molar-refractivity contribution in [3.05, 3.63) is 39.4 Å². The summed E-state index contributed by atoms with van der Waals surface area (Å²) < 4.78 is 15.6. The number of carbonyl (C=O) groups is 1. The first-order chi connectivity index (χ1) is 9.49. The number of hydrogen-bond acceptors (Lipinski definition) is 3. The lowest BCUT2D eigenvalue weighted by molar-refractivity contribution is 0.0689. The molecule has 1 aromatic heterocycles. The van der Waals surface area contributed by atoms with Crippen molar-refractivity contribution in [3.8, 4) is 5.69 Å². The Morgan fingerprint density at radius 1 is 1.50 bits per heavy atom. The van der Waals surface area contributed by atoms with Gasteiger partial charge in [-0.15, -0.1) is 5.10 Å². The zero-order valence-electron chi connectivity index (χ0n) is 10.6. The molecule has 1 saturated carbocycles. The zero-order valence-corrected chi connectivity index (χ0v) is 12.2. The third-order valence-corrected chi connectivity index (χ3v) is 3.95. The van der Waals surface area contributed by atoms with Crippen molar-refractivity contribution in [1.29, 1.82) is 0 Å². The average Bonchev–Trinajstić information content (AvgIpc) is 3.12. The number of aromatic nitrogens is 3. The van der Waals surface area contributed by atoms with E-state index < -0.39 is 11.8 Å². The maximum absolute atomic E-state index is 13.7. The van der Waals surface area contributed by atoms with Crippen LogP contribution >= 0.6 is 15.9 Å². The molecule has 1 aromatic carbocycles. The number of aryl methyl sites for hydroxylation is 1. The topological polar surface area (TPSA) is 68.0 Å². The molecule has 3 rings (SSSR count). The molecule has 0 spiro atoms. The molecule has 0 amide bonds. The van der Waals surface area contributed by atoms with E-state index in [1.54, 1.807) is 6.07 Å². The standard InChI is InChI=1S/C13H11BrFN3O2/c1-6-4-8(14)9(15)5-10(6)18-12(7-2-3-7)11(13(19)20)16-17-18/h4-5,7H,2-3H2,1H3,(H,19,20). The molecular weight excluding hydrogens is 329 g/mol. The lowest BCUT2D eigenvalue weighted by atomic mass is 10.1. The molecule has 104 valence electrons. The second kappa shape index (κ2) is 4.66. The van der Waals surface area contributed by atoms with Gasteiger partial charge in [0.05, 0.1) is 15.9 Å². The monoisotopic (exact) mass is 339 g/mol. The van der Waals surface area contributed by atoms with E-state index in [2.05, 4.69) is 26.2 Å². The largest absolute Gasteiger partial charge is 0.476 e. The Labute approximate surface area is 122 Å². The van der Waals surface area contributed by atoms with Crippen LogP contribution < -0.4 is 0 Å². The number of benzene rings is 1.